The Morgan fingerprint density at radius 1 is 1.29 bits per heavy atom. The van der Waals surface area contributed by atoms with E-state index < -0.39 is 6.10 Å². The lowest BCUT2D eigenvalue weighted by molar-refractivity contribution is 0.196. The summed E-state index contributed by atoms with van der Waals surface area (Å²) in [6.45, 7) is 5.68. The van der Waals surface area contributed by atoms with Gasteiger partial charge in [-0.1, -0.05) is 12.1 Å². The topological polar surface area (TPSA) is 29.5 Å². The molecule has 0 bridgehead atoms. The van der Waals surface area contributed by atoms with Gasteiger partial charge in [0.05, 0.1) is 16.7 Å². The van der Waals surface area contributed by atoms with Gasteiger partial charge in [-0.15, -0.1) is 0 Å². The van der Waals surface area contributed by atoms with Gasteiger partial charge < -0.3 is 9.84 Å². The van der Waals surface area contributed by atoms with Gasteiger partial charge in [-0.05, 0) is 48.3 Å². The van der Waals surface area contributed by atoms with Crippen LogP contribution in [-0.4, -0.2) is 11.2 Å². The molecule has 1 N–H and O–H groups in total. The first-order valence-electron chi connectivity index (χ1n) is 4.65. The van der Waals surface area contributed by atoms with E-state index in [9.17, 15) is 5.11 Å². The minimum Gasteiger partial charge on any atom is -0.490 e. The van der Waals surface area contributed by atoms with Gasteiger partial charge in [0.15, 0.2) is 0 Å². The fourth-order valence-corrected chi connectivity index (χ4v) is 1.88. The summed E-state index contributed by atoms with van der Waals surface area (Å²) < 4.78 is 6.41. The molecule has 0 saturated heterocycles. The van der Waals surface area contributed by atoms with E-state index in [1.54, 1.807) is 6.92 Å². The van der Waals surface area contributed by atoms with Crippen molar-refractivity contribution in [1.82, 2.24) is 0 Å². The molecule has 0 heterocycles. The van der Waals surface area contributed by atoms with E-state index >= 15 is 0 Å². The molecule has 0 aromatic heterocycles. The first kappa shape index (κ1) is 11.5. The second kappa shape index (κ2) is 4.80. The van der Waals surface area contributed by atoms with Gasteiger partial charge in [0.25, 0.3) is 0 Å². The third-order valence-corrected chi connectivity index (χ3v) is 2.65. The first-order chi connectivity index (χ1) is 6.52. The molecule has 0 radical (unpaired) electrons. The van der Waals surface area contributed by atoms with Crippen molar-refractivity contribution in [1.29, 1.82) is 0 Å². The number of aliphatic hydroxyl groups is 1. The van der Waals surface area contributed by atoms with Crippen molar-refractivity contribution in [2.45, 2.75) is 33.0 Å². The van der Waals surface area contributed by atoms with Crippen molar-refractivity contribution in [3.05, 3.63) is 28.2 Å². The standard InChI is InChI=1S/C11H15BrO2/c1-7(2)14-10-6-4-5-9(8(3)13)11(10)12/h4-8,13H,1-3H3/t8-/m1/s1. The molecule has 3 heteroatoms. The summed E-state index contributed by atoms with van der Waals surface area (Å²) in [4.78, 5) is 0. The van der Waals surface area contributed by atoms with Crippen LogP contribution in [0.15, 0.2) is 22.7 Å². The van der Waals surface area contributed by atoms with Crippen molar-refractivity contribution in [2.24, 2.45) is 0 Å². The highest BCUT2D eigenvalue weighted by Gasteiger charge is 2.11. The smallest absolute Gasteiger partial charge is 0.134 e. The Morgan fingerprint density at radius 2 is 1.93 bits per heavy atom. The molecule has 1 aromatic rings. The van der Waals surface area contributed by atoms with Gasteiger partial charge in [-0.2, -0.15) is 0 Å². The van der Waals surface area contributed by atoms with Crippen LogP contribution in [0.5, 0.6) is 5.75 Å². The second-order valence-electron chi connectivity index (χ2n) is 3.50. The van der Waals surface area contributed by atoms with E-state index in [0.717, 1.165) is 15.8 Å². The minimum atomic E-state index is -0.486. The van der Waals surface area contributed by atoms with Crippen LogP contribution in [0.2, 0.25) is 0 Å². The molecule has 2 nitrogen and oxygen atoms in total. The summed E-state index contributed by atoms with van der Waals surface area (Å²) in [5, 5.41) is 9.48. The fraction of sp³-hybridized carbons (Fsp3) is 0.455. The quantitative estimate of drug-likeness (QED) is 0.902. The lowest BCUT2D eigenvalue weighted by Gasteiger charge is -2.15. The third-order valence-electron chi connectivity index (χ3n) is 1.81. The lowest BCUT2D eigenvalue weighted by Crippen LogP contribution is -2.07. The van der Waals surface area contributed by atoms with Crippen molar-refractivity contribution >= 4 is 15.9 Å². The molecule has 0 saturated carbocycles. The second-order valence-corrected chi connectivity index (χ2v) is 4.29. The predicted octanol–water partition coefficient (Wildman–Crippen LogP) is 3.29. The van der Waals surface area contributed by atoms with E-state index in [1.165, 1.54) is 0 Å². The third kappa shape index (κ3) is 2.72. The monoisotopic (exact) mass is 258 g/mol. The van der Waals surface area contributed by atoms with E-state index in [4.69, 9.17) is 4.74 Å². The molecule has 0 spiro atoms. The maximum absolute atomic E-state index is 9.48. The van der Waals surface area contributed by atoms with Gasteiger partial charge in [-0.3, -0.25) is 0 Å². The Balaban J connectivity index is 3.01. The zero-order valence-electron chi connectivity index (χ0n) is 8.62. The Morgan fingerprint density at radius 3 is 2.43 bits per heavy atom. The molecule has 0 unspecified atom stereocenters. The number of hydrogen-bond acceptors (Lipinski definition) is 2. The molecule has 1 aromatic carbocycles. The number of ether oxygens (including phenoxy) is 1. The van der Waals surface area contributed by atoms with Crippen LogP contribution < -0.4 is 4.74 Å². The zero-order chi connectivity index (χ0) is 10.7. The molecule has 0 fully saturated rings. The van der Waals surface area contributed by atoms with Crippen LogP contribution in [0.1, 0.15) is 32.4 Å². The predicted molar refractivity (Wildman–Crippen MR) is 60.5 cm³/mol. The highest BCUT2D eigenvalue weighted by atomic mass is 79.9. The van der Waals surface area contributed by atoms with Crippen LogP contribution in [-0.2, 0) is 0 Å². The van der Waals surface area contributed by atoms with Crippen LogP contribution in [0, 0.1) is 0 Å². The molecule has 0 aliphatic carbocycles. The lowest BCUT2D eigenvalue weighted by atomic mass is 10.1. The number of hydrogen-bond donors (Lipinski definition) is 1. The van der Waals surface area contributed by atoms with E-state index in [1.807, 2.05) is 32.0 Å². The zero-order valence-corrected chi connectivity index (χ0v) is 10.2. The van der Waals surface area contributed by atoms with E-state index in [2.05, 4.69) is 15.9 Å². The Bertz CT molecular complexity index is 308. The maximum atomic E-state index is 9.48. The van der Waals surface area contributed by atoms with Crippen molar-refractivity contribution in [3.8, 4) is 5.75 Å². The summed E-state index contributed by atoms with van der Waals surface area (Å²) >= 11 is 3.43. The summed E-state index contributed by atoms with van der Waals surface area (Å²) in [5.74, 6) is 0.776. The molecule has 0 amide bonds. The molecular formula is C11H15BrO2. The average Bonchev–Trinajstić information content (AvgIpc) is 2.07. The number of rotatable bonds is 3. The van der Waals surface area contributed by atoms with Gasteiger partial charge in [-0.25, -0.2) is 0 Å². The van der Waals surface area contributed by atoms with Crippen LogP contribution >= 0.6 is 15.9 Å². The van der Waals surface area contributed by atoms with Crippen LogP contribution in [0.25, 0.3) is 0 Å². The van der Waals surface area contributed by atoms with Crippen LogP contribution in [0.3, 0.4) is 0 Å². The van der Waals surface area contributed by atoms with Gasteiger partial charge >= 0.3 is 0 Å². The van der Waals surface area contributed by atoms with Crippen molar-refractivity contribution < 1.29 is 9.84 Å². The van der Waals surface area contributed by atoms with Gasteiger partial charge in [0.1, 0.15) is 5.75 Å². The number of halogens is 1. The van der Waals surface area contributed by atoms with Crippen molar-refractivity contribution in [3.63, 3.8) is 0 Å². The minimum absolute atomic E-state index is 0.135. The first-order valence-corrected chi connectivity index (χ1v) is 5.44. The Kier molecular flexibility index (Phi) is 3.96. The summed E-state index contributed by atoms with van der Waals surface area (Å²) in [5.41, 5.74) is 0.850. The van der Waals surface area contributed by atoms with Gasteiger partial charge in [0.2, 0.25) is 0 Å². The molecule has 1 atom stereocenters. The fourth-order valence-electron chi connectivity index (χ4n) is 1.20. The summed E-state index contributed by atoms with van der Waals surface area (Å²) in [6, 6.07) is 5.64. The molecule has 1 rings (SSSR count). The molecular weight excluding hydrogens is 244 g/mol. The maximum Gasteiger partial charge on any atom is 0.134 e. The SMILES string of the molecule is CC(C)Oc1cccc([C@@H](C)O)c1Br. The van der Waals surface area contributed by atoms with E-state index in [0.29, 0.717) is 0 Å². The Hall–Kier alpha value is -0.540. The Labute approximate surface area is 93.0 Å². The highest BCUT2D eigenvalue weighted by molar-refractivity contribution is 9.10. The average molecular weight is 259 g/mol. The summed E-state index contributed by atoms with van der Waals surface area (Å²) in [6.07, 6.45) is -0.351. The van der Waals surface area contributed by atoms with Crippen molar-refractivity contribution in [2.75, 3.05) is 0 Å². The molecule has 0 aliphatic heterocycles. The summed E-state index contributed by atoms with van der Waals surface area (Å²) in [7, 11) is 0. The number of benzene rings is 1. The highest BCUT2D eigenvalue weighted by Crippen LogP contribution is 2.32. The van der Waals surface area contributed by atoms with Gasteiger partial charge in [0, 0.05) is 0 Å². The number of aliphatic hydroxyl groups excluding tert-OH is 1. The normalized spacial score (nSPS) is 13.0. The molecule has 78 valence electrons. The molecule has 14 heavy (non-hydrogen) atoms. The largest absolute Gasteiger partial charge is 0.490 e. The molecule has 0 aliphatic rings. The van der Waals surface area contributed by atoms with Crippen LogP contribution in [0.4, 0.5) is 0 Å². The van der Waals surface area contributed by atoms with E-state index in [-0.39, 0.29) is 6.10 Å².